The molecule has 176 valence electrons. The zero-order valence-electron chi connectivity index (χ0n) is 17.9. The fourth-order valence-electron chi connectivity index (χ4n) is 3.45. The Balaban J connectivity index is 1.77. The van der Waals surface area contributed by atoms with Gasteiger partial charge < -0.3 is 10.1 Å². The first-order valence-corrected chi connectivity index (χ1v) is 12.9. The third kappa shape index (κ3) is 5.61. The van der Waals surface area contributed by atoms with Crippen LogP contribution >= 0.6 is 45.9 Å². The van der Waals surface area contributed by atoms with Gasteiger partial charge in [0.2, 0.25) is 0 Å². The normalized spacial score (nSPS) is 15.7. The second kappa shape index (κ2) is 11.3. The van der Waals surface area contributed by atoms with Crippen LogP contribution in [0.3, 0.4) is 0 Å². The molecule has 1 amide bonds. The highest BCUT2D eigenvalue weighted by Crippen LogP contribution is 2.23. The van der Waals surface area contributed by atoms with Crippen LogP contribution in [0.1, 0.15) is 5.56 Å². The van der Waals surface area contributed by atoms with Crippen molar-refractivity contribution in [1.29, 1.82) is 5.26 Å². The molecule has 34 heavy (non-hydrogen) atoms. The number of rotatable bonds is 6. The zero-order valence-corrected chi connectivity index (χ0v) is 21.1. The van der Waals surface area contributed by atoms with Crippen LogP contribution in [0.15, 0.2) is 39.8 Å². The van der Waals surface area contributed by atoms with Crippen molar-refractivity contribution in [3.8, 4) is 11.8 Å². The number of nitrogens with zero attached hydrogens (tertiary/aromatic N) is 3. The smallest absolute Gasteiger partial charge is 0.273 e. The lowest BCUT2D eigenvalue weighted by Gasteiger charge is -2.26. The lowest BCUT2D eigenvalue weighted by atomic mass is 10.2. The number of thiazole rings is 1. The number of nitrogens with one attached hydrogen (secondary N) is 1. The molecule has 1 fully saturated rings. The first kappa shape index (κ1) is 24.7. The van der Waals surface area contributed by atoms with E-state index in [2.05, 4.69) is 10.2 Å². The van der Waals surface area contributed by atoms with Gasteiger partial charge in [-0.15, -0.1) is 11.3 Å². The van der Waals surface area contributed by atoms with E-state index in [9.17, 15) is 14.9 Å². The van der Waals surface area contributed by atoms with Crippen molar-refractivity contribution in [2.45, 2.75) is 0 Å². The number of halogens is 2. The summed E-state index contributed by atoms with van der Waals surface area (Å²) in [4.78, 5) is 28.5. The van der Waals surface area contributed by atoms with Gasteiger partial charge in [-0.2, -0.15) is 16.6 Å². The van der Waals surface area contributed by atoms with E-state index >= 15 is 0 Å². The van der Waals surface area contributed by atoms with Gasteiger partial charge in [0, 0.05) is 26.2 Å². The summed E-state index contributed by atoms with van der Waals surface area (Å²) in [6, 6.07) is 8.63. The maximum Gasteiger partial charge on any atom is 0.273 e. The number of hydrogen-bond donors (Lipinski definition) is 1. The summed E-state index contributed by atoms with van der Waals surface area (Å²) < 4.78 is 7.30. The Labute approximate surface area is 213 Å². The monoisotopic (exact) mass is 534 g/mol. The fourth-order valence-corrected chi connectivity index (χ4v) is 5.47. The summed E-state index contributed by atoms with van der Waals surface area (Å²) in [6.07, 6.45) is 1.74. The number of carbonyl (C=O) groups excluding carboxylic acids is 1. The molecule has 1 aromatic carbocycles. The summed E-state index contributed by atoms with van der Waals surface area (Å²) in [6.45, 7) is 3.95. The molecule has 7 nitrogen and oxygen atoms in total. The molecule has 2 aromatic heterocycles. The molecule has 1 saturated heterocycles. The second-order valence-electron chi connectivity index (χ2n) is 7.41. The average molecular weight is 535 g/mol. The van der Waals surface area contributed by atoms with Gasteiger partial charge in [0.1, 0.15) is 10.7 Å². The summed E-state index contributed by atoms with van der Waals surface area (Å²) >= 11 is 14.8. The number of benzene rings is 1. The van der Waals surface area contributed by atoms with Crippen molar-refractivity contribution in [1.82, 2.24) is 14.8 Å². The highest BCUT2D eigenvalue weighted by atomic mass is 35.5. The van der Waals surface area contributed by atoms with Crippen molar-refractivity contribution >= 4 is 63.4 Å². The quantitative estimate of drug-likeness (QED) is 0.523. The molecule has 11 heteroatoms. The maximum atomic E-state index is 13.4. The van der Waals surface area contributed by atoms with Gasteiger partial charge in [0.05, 0.1) is 33.5 Å². The minimum atomic E-state index is -0.534. The van der Waals surface area contributed by atoms with Crippen molar-refractivity contribution < 1.29 is 9.53 Å². The average Bonchev–Trinajstić information content (AvgIpc) is 3.45. The van der Waals surface area contributed by atoms with E-state index in [1.54, 1.807) is 24.3 Å². The third-order valence-electron chi connectivity index (χ3n) is 5.20. The molecular formula is C23H20Cl2N4O3S2. The summed E-state index contributed by atoms with van der Waals surface area (Å²) in [5, 5.41) is 17.1. The molecule has 0 saturated carbocycles. The van der Waals surface area contributed by atoms with Gasteiger partial charge in [-0.25, -0.2) is 0 Å². The SMILES string of the molecule is N#C/C(C(=O)NCCN1CCOCC1)=c1/s/c(=C\c2ccsc2)c(=O)n1-c1ccc(Cl)c(Cl)c1. The molecule has 0 aliphatic carbocycles. The van der Waals surface area contributed by atoms with E-state index in [-0.39, 0.29) is 20.8 Å². The Hall–Kier alpha value is -2.45. The summed E-state index contributed by atoms with van der Waals surface area (Å²) in [5.74, 6) is -0.534. The van der Waals surface area contributed by atoms with E-state index in [4.69, 9.17) is 27.9 Å². The Bertz CT molecular complexity index is 1400. The largest absolute Gasteiger partial charge is 0.379 e. The Morgan fingerprint density at radius 3 is 2.71 bits per heavy atom. The van der Waals surface area contributed by atoms with Crippen LogP contribution in [0, 0.1) is 11.3 Å². The number of thiophene rings is 1. The van der Waals surface area contributed by atoms with Gasteiger partial charge >= 0.3 is 0 Å². The standard InChI is InChI=1S/C23H20Cl2N4O3S2/c24-18-2-1-16(12-19(18)25)29-22(31)20(11-15-3-10-33-14-15)34-23(29)17(13-26)21(30)27-4-5-28-6-8-32-9-7-28/h1-3,10-12,14H,4-9H2,(H,27,30)/b20-11-,23-17-. The van der Waals surface area contributed by atoms with Crippen molar-refractivity contribution in [3.63, 3.8) is 0 Å². The highest BCUT2D eigenvalue weighted by molar-refractivity contribution is 7.08. The molecule has 0 radical (unpaired) electrons. The molecule has 0 atom stereocenters. The minimum Gasteiger partial charge on any atom is -0.379 e. The number of aromatic nitrogens is 1. The van der Waals surface area contributed by atoms with E-state index < -0.39 is 5.91 Å². The van der Waals surface area contributed by atoms with E-state index in [1.165, 1.54) is 15.9 Å². The Morgan fingerprint density at radius 1 is 1.24 bits per heavy atom. The number of hydrogen-bond acceptors (Lipinski definition) is 7. The van der Waals surface area contributed by atoms with Gasteiger partial charge in [0.15, 0.2) is 5.57 Å². The fraction of sp³-hybridized carbons (Fsp3) is 0.261. The first-order chi connectivity index (χ1) is 16.5. The topological polar surface area (TPSA) is 87.4 Å². The van der Waals surface area contributed by atoms with Crippen LogP contribution in [-0.4, -0.2) is 54.8 Å². The molecule has 1 N–H and O–H groups in total. The zero-order chi connectivity index (χ0) is 24.1. The van der Waals surface area contributed by atoms with Crippen LogP contribution in [0.4, 0.5) is 0 Å². The van der Waals surface area contributed by atoms with E-state index in [0.717, 1.165) is 30.0 Å². The number of morpholine rings is 1. The lowest BCUT2D eigenvalue weighted by molar-refractivity contribution is -0.115. The predicted octanol–water partition coefficient (Wildman–Crippen LogP) is 2.22. The van der Waals surface area contributed by atoms with Crippen molar-refractivity contribution in [2.75, 3.05) is 39.4 Å². The number of ether oxygens (including phenoxy) is 1. The molecular weight excluding hydrogens is 515 g/mol. The molecule has 0 spiro atoms. The summed E-state index contributed by atoms with van der Waals surface area (Å²) in [5.41, 5.74) is 0.799. The molecule has 3 heterocycles. The van der Waals surface area contributed by atoms with Crippen LogP contribution in [0.2, 0.25) is 10.0 Å². The minimum absolute atomic E-state index is 0.139. The third-order valence-corrected chi connectivity index (χ3v) is 7.73. The Kier molecular flexibility index (Phi) is 8.21. The van der Waals surface area contributed by atoms with Gasteiger partial charge in [-0.3, -0.25) is 19.1 Å². The second-order valence-corrected chi connectivity index (χ2v) is 10.0. The number of nitriles is 1. The van der Waals surface area contributed by atoms with Crippen molar-refractivity contribution in [3.05, 3.63) is 70.2 Å². The molecule has 1 aliphatic rings. The van der Waals surface area contributed by atoms with Crippen LogP contribution in [0.25, 0.3) is 17.3 Å². The van der Waals surface area contributed by atoms with Crippen LogP contribution < -0.4 is 20.1 Å². The predicted molar refractivity (Wildman–Crippen MR) is 136 cm³/mol. The Morgan fingerprint density at radius 2 is 2.03 bits per heavy atom. The molecule has 4 rings (SSSR count). The number of carbonyl (C=O) groups is 1. The van der Waals surface area contributed by atoms with Crippen molar-refractivity contribution in [2.24, 2.45) is 0 Å². The van der Waals surface area contributed by atoms with E-state index in [0.29, 0.717) is 41.5 Å². The molecule has 3 aromatic rings. The summed E-state index contributed by atoms with van der Waals surface area (Å²) in [7, 11) is 0. The maximum absolute atomic E-state index is 13.4. The van der Waals surface area contributed by atoms with Gasteiger partial charge in [-0.05, 0) is 46.7 Å². The van der Waals surface area contributed by atoms with Crippen LogP contribution in [-0.2, 0) is 9.53 Å². The lowest BCUT2D eigenvalue weighted by Crippen LogP contribution is -2.42. The first-order valence-electron chi connectivity index (χ1n) is 10.4. The van der Waals surface area contributed by atoms with Gasteiger partial charge in [-0.1, -0.05) is 23.2 Å². The highest BCUT2D eigenvalue weighted by Gasteiger charge is 2.18. The van der Waals surface area contributed by atoms with Gasteiger partial charge in [0.25, 0.3) is 11.5 Å². The number of amides is 1. The molecule has 0 unspecified atom stereocenters. The molecule has 1 aliphatic heterocycles. The van der Waals surface area contributed by atoms with Crippen LogP contribution in [0.5, 0.6) is 0 Å². The van der Waals surface area contributed by atoms with E-state index in [1.807, 2.05) is 22.9 Å². The molecule has 0 bridgehead atoms.